The summed E-state index contributed by atoms with van der Waals surface area (Å²) in [5.74, 6) is 1.61. The molecule has 5 rings (SSSR count). The van der Waals surface area contributed by atoms with Crippen LogP contribution in [-0.2, 0) is 6.42 Å². The average Bonchev–Trinajstić information content (AvgIpc) is 3.32. The van der Waals surface area contributed by atoms with Crippen molar-refractivity contribution in [2.24, 2.45) is 4.99 Å². The second kappa shape index (κ2) is 7.18. The highest BCUT2D eigenvalue weighted by atomic mass is 32.1. The van der Waals surface area contributed by atoms with Crippen LogP contribution in [0.5, 0.6) is 0 Å². The van der Waals surface area contributed by atoms with Gasteiger partial charge in [0.15, 0.2) is 5.84 Å². The van der Waals surface area contributed by atoms with Crippen molar-refractivity contribution in [1.29, 1.82) is 0 Å². The van der Waals surface area contributed by atoms with Gasteiger partial charge in [0.2, 0.25) is 0 Å². The van der Waals surface area contributed by atoms with Gasteiger partial charge in [-0.05, 0) is 37.1 Å². The summed E-state index contributed by atoms with van der Waals surface area (Å²) in [6, 6.07) is 12.3. The summed E-state index contributed by atoms with van der Waals surface area (Å²) in [6.07, 6.45) is 2.60. The molecule has 0 fully saturated rings. The molecule has 144 valence electrons. The number of hydrogen-bond acceptors (Lipinski definition) is 5. The van der Waals surface area contributed by atoms with E-state index in [2.05, 4.69) is 63.4 Å². The Hall–Kier alpha value is -3.45. The van der Waals surface area contributed by atoms with Crippen molar-refractivity contribution in [1.82, 2.24) is 20.3 Å². The monoisotopic (exact) mass is 400 g/mol. The molecule has 1 aromatic carbocycles. The summed E-state index contributed by atoms with van der Waals surface area (Å²) in [6.45, 7) is 6.82. The van der Waals surface area contributed by atoms with Gasteiger partial charge in [-0.1, -0.05) is 24.8 Å². The maximum Gasteiger partial charge on any atom is 0.155 e. The standard InChI is InChI=1S/C22H20N6S/c1-13-16(7-5-10-23-13)20-27-21(19-22(28-20)29-12-25-19)24-11-9-15-14(2)26-18-8-4-3-6-17(15)18/h3-8,10,12,26,28H,1,9,11H2,2H3,(H,24,27). The van der Waals surface area contributed by atoms with Gasteiger partial charge in [0.05, 0.1) is 10.9 Å². The normalized spacial score (nSPS) is 16.5. The molecule has 1 aliphatic heterocycles. The van der Waals surface area contributed by atoms with Crippen LogP contribution in [0.25, 0.3) is 23.3 Å². The van der Waals surface area contributed by atoms with Crippen LogP contribution in [0.3, 0.4) is 0 Å². The van der Waals surface area contributed by atoms with E-state index < -0.39 is 0 Å². The number of thiazole rings is 1. The first-order chi connectivity index (χ1) is 14.2. The quantitative estimate of drug-likeness (QED) is 0.494. The van der Waals surface area contributed by atoms with E-state index in [0.717, 1.165) is 34.0 Å². The predicted octanol–water partition coefficient (Wildman–Crippen LogP) is 2.51. The van der Waals surface area contributed by atoms with Crippen molar-refractivity contribution in [3.8, 4) is 0 Å². The molecule has 0 amide bonds. The molecule has 7 heteroatoms. The fourth-order valence-corrected chi connectivity index (χ4v) is 4.36. The number of benzene rings is 1. The van der Waals surface area contributed by atoms with E-state index >= 15 is 0 Å². The van der Waals surface area contributed by atoms with Gasteiger partial charge in [-0.25, -0.2) is 4.98 Å². The molecule has 3 N–H and O–H groups in total. The Morgan fingerprint density at radius 2 is 2.00 bits per heavy atom. The fourth-order valence-electron chi connectivity index (χ4n) is 3.68. The van der Waals surface area contributed by atoms with Crippen molar-refractivity contribution in [3.05, 3.63) is 75.6 Å². The van der Waals surface area contributed by atoms with Crippen molar-refractivity contribution < 1.29 is 0 Å². The van der Waals surface area contributed by atoms with E-state index in [1.54, 1.807) is 17.5 Å². The van der Waals surface area contributed by atoms with E-state index in [4.69, 9.17) is 4.99 Å². The molecule has 4 aromatic rings. The molecule has 0 spiro atoms. The molecule has 0 bridgehead atoms. The van der Waals surface area contributed by atoms with Gasteiger partial charge in [-0.3, -0.25) is 9.98 Å². The number of nitrogens with zero attached hydrogens (tertiary/aromatic N) is 3. The van der Waals surface area contributed by atoms with Crippen LogP contribution in [0, 0.1) is 6.92 Å². The van der Waals surface area contributed by atoms with E-state index in [0.29, 0.717) is 11.9 Å². The molecular weight excluding hydrogens is 380 g/mol. The van der Waals surface area contributed by atoms with Crippen molar-refractivity contribution in [2.45, 2.75) is 13.3 Å². The molecule has 1 aliphatic rings. The number of anilines is 1. The number of rotatable bonds is 3. The Kier molecular flexibility index (Phi) is 4.37. The first kappa shape index (κ1) is 17.6. The largest absolute Gasteiger partial charge is 0.358 e. The number of aromatic amines is 1. The third kappa shape index (κ3) is 3.19. The summed E-state index contributed by atoms with van der Waals surface area (Å²) in [7, 11) is 0. The van der Waals surface area contributed by atoms with Crippen molar-refractivity contribution in [2.75, 3.05) is 11.9 Å². The van der Waals surface area contributed by atoms with Gasteiger partial charge in [-0.15, -0.1) is 11.3 Å². The van der Waals surface area contributed by atoms with Crippen molar-refractivity contribution >= 4 is 45.5 Å². The molecule has 6 nitrogen and oxygen atoms in total. The first-order valence-electron chi connectivity index (χ1n) is 9.43. The van der Waals surface area contributed by atoms with Gasteiger partial charge in [0, 0.05) is 34.6 Å². The third-order valence-electron chi connectivity index (χ3n) is 5.09. The molecule has 3 aromatic heterocycles. The maximum atomic E-state index is 4.86. The highest BCUT2D eigenvalue weighted by molar-refractivity contribution is 7.14. The zero-order valence-electron chi connectivity index (χ0n) is 16.0. The number of aryl methyl sites for hydroxylation is 1. The molecule has 4 heterocycles. The molecule has 0 aliphatic carbocycles. The van der Waals surface area contributed by atoms with Gasteiger partial charge >= 0.3 is 0 Å². The zero-order chi connectivity index (χ0) is 19.8. The second-order valence-electron chi connectivity index (χ2n) is 6.91. The van der Waals surface area contributed by atoms with E-state index in [-0.39, 0.29) is 0 Å². The third-order valence-corrected chi connectivity index (χ3v) is 5.83. The Morgan fingerprint density at radius 1 is 1.10 bits per heavy atom. The lowest BCUT2D eigenvalue weighted by Gasteiger charge is -2.20. The number of aliphatic imine (C=N–C) groups is 1. The summed E-state index contributed by atoms with van der Waals surface area (Å²) in [5, 5.41) is 10.7. The minimum Gasteiger partial charge on any atom is -0.358 e. The topological polar surface area (TPSA) is 78.0 Å². The lowest BCUT2D eigenvalue weighted by atomic mass is 10.1. The van der Waals surface area contributed by atoms with E-state index in [9.17, 15) is 0 Å². The first-order valence-corrected chi connectivity index (χ1v) is 10.3. The molecule has 0 saturated heterocycles. The van der Waals surface area contributed by atoms with Crippen LogP contribution >= 0.6 is 11.3 Å². The Balaban J connectivity index is 1.48. The smallest absolute Gasteiger partial charge is 0.155 e. The van der Waals surface area contributed by atoms with Gasteiger partial charge in [0.1, 0.15) is 16.5 Å². The molecule has 0 atom stereocenters. The van der Waals surface area contributed by atoms with Crippen LogP contribution in [0.4, 0.5) is 5.00 Å². The highest BCUT2D eigenvalue weighted by Gasteiger charge is 2.21. The van der Waals surface area contributed by atoms with E-state index in [1.165, 1.54) is 22.2 Å². The van der Waals surface area contributed by atoms with Crippen LogP contribution in [0.2, 0.25) is 0 Å². The number of H-pyrrole nitrogens is 1. The van der Waals surface area contributed by atoms with Gasteiger partial charge in [-0.2, -0.15) is 0 Å². The van der Waals surface area contributed by atoms with Crippen LogP contribution < -0.4 is 21.2 Å². The number of amidine groups is 1. The lowest BCUT2D eigenvalue weighted by molar-refractivity contribution is 0.949. The number of aromatic nitrogens is 3. The molecule has 0 unspecified atom stereocenters. The van der Waals surface area contributed by atoms with Crippen LogP contribution in [0.1, 0.15) is 17.0 Å². The number of hydrogen-bond donors (Lipinski definition) is 3. The molecular formula is C22H20N6S. The Labute approximate surface area is 171 Å². The second-order valence-corrected chi connectivity index (χ2v) is 7.76. The SMILES string of the molecule is C=c1ncccc1=C1NC(=NCCc2c(C)[nH]c3ccccc23)c2ncsc2N1. The summed E-state index contributed by atoms with van der Waals surface area (Å²) < 4.78 is 0. The highest BCUT2D eigenvalue weighted by Crippen LogP contribution is 2.26. The number of para-hydroxylation sites is 1. The molecule has 0 saturated carbocycles. The summed E-state index contributed by atoms with van der Waals surface area (Å²) in [5.41, 5.74) is 6.36. The maximum absolute atomic E-state index is 4.86. The minimum absolute atomic E-state index is 0.666. The molecule has 29 heavy (non-hydrogen) atoms. The molecule has 0 radical (unpaired) electrons. The van der Waals surface area contributed by atoms with E-state index in [1.807, 2.05) is 17.6 Å². The summed E-state index contributed by atoms with van der Waals surface area (Å²) >= 11 is 1.56. The number of nitrogens with one attached hydrogen (secondary N) is 3. The van der Waals surface area contributed by atoms with Crippen molar-refractivity contribution in [3.63, 3.8) is 0 Å². The minimum atomic E-state index is 0.666. The average molecular weight is 401 g/mol. The fraction of sp³-hybridized carbons (Fsp3) is 0.136. The Morgan fingerprint density at radius 3 is 2.90 bits per heavy atom. The van der Waals surface area contributed by atoms with Gasteiger partial charge < -0.3 is 15.6 Å². The predicted molar refractivity (Wildman–Crippen MR) is 119 cm³/mol. The zero-order valence-corrected chi connectivity index (χ0v) is 16.8. The van der Waals surface area contributed by atoms with Crippen LogP contribution in [0.15, 0.2) is 53.1 Å². The Bertz CT molecular complexity index is 1350. The van der Waals surface area contributed by atoms with Crippen LogP contribution in [-0.4, -0.2) is 27.3 Å². The lowest BCUT2D eigenvalue weighted by Crippen LogP contribution is -2.41. The number of pyridine rings is 1. The van der Waals surface area contributed by atoms with Gasteiger partial charge in [0.25, 0.3) is 0 Å². The number of fused-ring (bicyclic) bond motifs is 2. The summed E-state index contributed by atoms with van der Waals surface area (Å²) in [4.78, 5) is 17.1.